The zero-order valence-electron chi connectivity index (χ0n) is 11.6. The van der Waals surface area contributed by atoms with Gasteiger partial charge in [0.25, 0.3) is 0 Å². The fourth-order valence-corrected chi connectivity index (χ4v) is 3.22. The Morgan fingerprint density at radius 3 is 2.41 bits per heavy atom. The van der Waals surface area contributed by atoms with E-state index < -0.39 is 0 Å². The molecule has 0 aromatic rings. The van der Waals surface area contributed by atoms with Crippen molar-refractivity contribution in [1.29, 1.82) is 0 Å². The molecule has 100 valence electrons. The lowest BCUT2D eigenvalue weighted by Crippen LogP contribution is -2.55. The van der Waals surface area contributed by atoms with Crippen molar-refractivity contribution in [2.24, 2.45) is 11.1 Å². The van der Waals surface area contributed by atoms with Crippen molar-refractivity contribution in [3.05, 3.63) is 0 Å². The molecule has 0 spiro atoms. The molecule has 2 fully saturated rings. The quantitative estimate of drug-likeness (QED) is 0.802. The summed E-state index contributed by atoms with van der Waals surface area (Å²) in [4.78, 5) is 2.50. The van der Waals surface area contributed by atoms with Crippen molar-refractivity contribution >= 4 is 0 Å². The maximum Gasteiger partial charge on any atom is 0.0636 e. The lowest BCUT2D eigenvalue weighted by atomic mass is 9.75. The Balaban J connectivity index is 1.89. The van der Waals surface area contributed by atoms with Gasteiger partial charge in [0.05, 0.1) is 6.61 Å². The van der Waals surface area contributed by atoms with Gasteiger partial charge in [-0.1, -0.05) is 13.8 Å². The predicted molar refractivity (Wildman–Crippen MR) is 71.0 cm³/mol. The molecule has 1 saturated heterocycles. The Hall–Kier alpha value is -0.120. The third-order valence-corrected chi connectivity index (χ3v) is 4.79. The molecule has 2 unspecified atom stereocenters. The highest BCUT2D eigenvalue weighted by Crippen LogP contribution is 2.37. The first kappa shape index (κ1) is 13.3. The Bertz CT molecular complexity index is 245. The van der Waals surface area contributed by atoms with Crippen LogP contribution >= 0.6 is 0 Å². The minimum absolute atomic E-state index is 0.295. The summed E-state index contributed by atoms with van der Waals surface area (Å²) in [7, 11) is 2.24. The third-order valence-electron chi connectivity index (χ3n) is 4.79. The number of nitrogens with two attached hydrogens (primary N) is 1. The number of likely N-dealkylation sites (N-methyl/N-ethyl adjacent to an activating group) is 1. The minimum atomic E-state index is 0.295. The summed E-state index contributed by atoms with van der Waals surface area (Å²) in [6.45, 7) is 6.43. The highest BCUT2D eigenvalue weighted by atomic mass is 16.5. The van der Waals surface area contributed by atoms with E-state index in [1.165, 1.54) is 25.7 Å². The lowest BCUT2D eigenvalue weighted by Gasteiger charge is -2.44. The SMILES string of the molecule is CN(C1CCC(C)(C)CC1)C1COCCC1N. The fourth-order valence-electron chi connectivity index (χ4n) is 3.22. The molecule has 1 aliphatic heterocycles. The molecule has 1 saturated carbocycles. The zero-order valence-corrected chi connectivity index (χ0v) is 11.6. The van der Waals surface area contributed by atoms with E-state index in [2.05, 4.69) is 25.8 Å². The first-order chi connectivity index (χ1) is 7.99. The fraction of sp³-hybridized carbons (Fsp3) is 1.00. The van der Waals surface area contributed by atoms with Gasteiger partial charge in [0.15, 0.2) is 0 Å². The van der Waals surface area contributed by atoms with E-state index in [0.29, 0.717) is 23.5 Å². The predicted octanol–water partition coefficient (Wildman–Crippen LogP) is 2.00. The molecule has 2 N–H and O–H groups in total. The van der Waals surface area contributed by atoms with Crippen LogP contribution in [-0.2, 0) is 4.74 Å². The topological polar surface area (TPSA) is 38.5 Å². The summed E-state index contributed by atoms with van der Waals surface area (Å²) >= 11 is 0. The van der Waals surface area contributed by atoms with Crippen molar-refractivity contribution in [2.45, 2.75) is 64.1 Å². The van der Waals surface area contributed by atoms with Gasteiger partial charge in [0.2, 0.25) is 0 Å². The molecular weight excluding hydrogens is 212 g/mol. The van der Waals surface area contributed by atoms with Crippen molar-refractivity contribution in [1.82, 2.24) is 4.90 Å². The molecule has 2 atom stereocenters. The second-order valence-corrected chi connectivity index (χ2v) is 6.66. The lowest BCUT2D eigenvalue weighted by molar-refractivity contribution is -0.0120. The number of rotatable bonds is 2. The van der Waals surface area contributed by atoms with Crippen LogP contribution in [0.2, 0.25) is 0 Å². The maximum absolute atomic E-state index is 6.22. The summed E-state index contributed by atoms with van der Waals surface area (Å²) in [6, 6.07) is 1.43. The van der Waals surface area contributed by atoms with E-state index in [9.17, 15) is 0 Å². The van der Waals surface area contributed by atoms with Gasteiger partial charge >= 0.3 is 0 Å². The number of hydrogen-bond acceptors (Lipinski definition) is 3. The van der Waals surface area contributed by atoms with Gasteiger partial charge in [-0.15, -0.1) is 0 Å². The Labute approximate surface area is 106 Å². The van der Waals surface area contributed by atoms with E-state index in [1.807, 2.05) is 0 Å². The average molecular weight is 240 g/mol. The van der Waals surface area contributed by atoms with E-state index in [-0.39, 0.29) is 0 Å². The number of ether oxygens (including phenoxy) is 1. The standard InChI is InChI=1S/C14H28N2O/c1-14(2)7-4-11(5-8-14)16(3)13-10-17-9-6-12(13)15/h11-13H,4-10,15H2,1-3H3. The Morgan fingerprint density at radius 2 is 1.82 bits per heavy atom. The molecule has 3 heteroatoms. The van der Waals surface area contributed by atoms with Gasteiger partial charge in [0, 0.05) is 24.7 Å². The van der Waals surface area contributed by atoms with E-state index in [0.717, 1.165) is 19.6 Å². The van der Waals surface area contributed by atoms with Crippen LogP contribution in [0.3, 0.4) is 0 Å². The van der Waals surface area contributed by atoms with Gasteiger partial charge < -0.3 is 10.5 Å². The molecule has 2 aliphatic rings. The van der Waals surface area contributed by atoms with Crippen LogP contribution in [0.4, 0.5) is 0 Å². The molecule has 1 aliphatic carbocycles. The molecule has 3 nitrogen and oxygen atoms in total. The summed E-state index contributed by atoms with van der Waals surface area (Å²) in [6.07, 6.45) is 6.31. The number of hydrogen-bond donors (Lipinski definition) is 1. The molecule has 1 heterocycles. The molecule has 0 amide bonds. The van der Waals surface area contributed by atoms with Gasteiger partial charge in [-0.2, -0.15) is 0 Å². The second kappa shape index (κ2) is 5.25. The van der Waals surface area contributed by atoms with E-state index >= 15 is 0 Å². The first-order valence-corrected chi connectivity index (χ1v) is 7.05. The first-order valence-electron chi connectivity index (χ1n) is 7.05. The van der Waals surface area contributed by atoms with Gasteiger partial charge in [-0.05, 0) is 44.6 Å². The summed E-state index contributed by atoms with van der Waals surface area (Å²) in [5, 5.41) is 0. The zero-order chi connectivity index (χ0) is 12.5. The van der Waals surface area contributed by atoms with E-state index in [4.69, 9.17) is 10.5 Å². The van der Waals surface area contributed by atoms with Gasteiger partial charge in [0.1, 0.15) is 0 Å². The van der Waals surface area contributed by atoms with Crippen LogP contribution in [0, 0.1) is 5.41 Å². The van der Waals surface area contributed by atoms with E-state index in [1.54, 1.807) is 0 Å². The summed E-state index contributed by atoms with van der Waals surface area (Å²) < 4.78 is 5.58. The highest BCUT2D eigenvalue weighted by Gasteiger charge is 2.34. The molecule has 0 bridgehead atoms. The van der Waals surface area contributed by atoms with Crippen molar-refractivity contribution < 1.29 is 4.74 Å². The van der Waals surface area contributed by atoms with Crippen LogP contribution < -0.4 is 5.73 Å². The molecule has 2 rings (SSSR count). The van der Waals surface area contributed by atoms with Gasteiger partial charge in [-0.3, -0.25) is 4.90 Å². The summed E-state index contributed by atoms with van der Waals surface area (Å²) in [5.41, 5.74) is 6.76. The molecule has 0 aromatic heterocycles. The largest absolute Gasteiger partial charge is 0.380 e. The molecule has 0 radical (unpaired) electrons. The smallest absolute Gasteiger partial charge is 0.0636 e. The minimum Gasteiger partial charge on any atom is -0.380 e. The second-order valence-electron chi connectivity index (χ2n) is 6.66. The third kappa shape index (κ3) is 3.21. The van der Waals surface area contributed by atoms with Crippen LogP contribution in [0.25, 0.3) is 0 Å². The van der Waals surface area contributed by atoms with Crippen LogP contribution in [0.15, 0.2) is 0 Å². The Kier molecular flexibility index (Phi) is 4.11. The number of nitrogens with zero attached hydrogens (tertiary/aromatic N) is 1. The van der Waals surface area contributed by atoms with Crippen molar-refractivity contribution in [3.8, 4) is 0 Å². The normalized spacial score (nSPS) is 35.1. The summed E-state index contributed by atoms with van der Waals surface area (Å²) in [5.74, 6) is 0. The van der Waals surface area contributed by atoms with Crippen LogP contribution in [-0.4, -0.2) is 43.3 Å². The monoisotopic (exact) mass is 240 g/mol. The van der Waals surface area contributed by atoms with Crippen LogP contribution in [0.5, 0.6) is 0 Å². The molecule has 0 aromatic carbocycles. The molecule has 17 heavy (non-hydrogen) atoms. The highest BCUT2D eigenvalue weighted by molar-refractivity contribution is 4.90. The van der Waals surface area contributed by atoms with Crippen molar-refractivity contribution in [2.75, 3.05) is 20.3 Å². The Morgan fingerprint density at radius 1 is 1.18 bits per heavy atom. The van der Waals surface area contributed by atoms with Crippen LogP contribution in [0.1, 0.15) is 46.0 Å². The van der Waals surface area contributed by atoms with Crippen molar-refractivity contribution in [3.63, 3.8) is 0 Å². The molecular formula is C14H28N2O. The average Bonchev–Trinajstić information content (AvgIpc) is 2.29. The van der Waals surface area contributed by atoms with Gasteiger partial charge in [-0.25, -0.2) is 0 Å². The maximum atomic E-state index is 6.22.